The molecule has 0 aliphatic carbocycles. The number of benzene rings is 2. The number of methoxy groups -OCH3 is 1. The molecule has 0 saturated carbocycles. The number of nitro groups is 1. The van der Waals surface area contributed by atoms with Crippen LogP contribution in [-0.4, -0.2) is 43.8 Å². The second-order valence-electron chi connectivity index (χ2n) is 7.74. The number of aryl methyl sites for hydroxylation is 2. The van der Waals surface area contributed by atoms with E-state index in [2.05, 4.69) is 5.32 Å². The Hall–Kier alpha value is -2.98. The van der Waals surface area contributed by atoms with Crippen molar-refractivity contribution in [3.8, 4) is 5.75 Å². The topological polar surface area (TPSA) is 119 Å². The van der Waals surface area contributed by atoms with Gasteiger partial charge in [0.05, 0.1) is 22.6 Å². The number of rotatable bonds is 8. The summed E-state index contributed by atoms with van der Waals surface area (Å²) in [5, 5.41) is 13.7. The number of anilines is 1. The van der Waals surface area contributed by atoms with Gasteiger partial charge in [-0.25, -0.2) is 8.42 Å². The van der Waals surface area contributed by atoms with E-state index in [-0.39, 0.29) is 29.3 Å². The van der Waals surface area contributed by atoms with Gasteiger partial charge in [-0.15, -0.1) is 0 Å². The van der Waals surface area contributed by atoms with Crippen molar-refractivity contribution < 1.29 is 22.9 Å². The lowest BCUT2D eigenvalue weighted by Crippen LogP contribution is -2.35. The van der Waals surface area contributed by atoms with Crippen LogP contribution < -0.4 is 10.1 Å². The number of nitrogens with zero attached hydrogens (tertiary/aromatic N) is 2. The zero-order chi connectivity index (χ0) is 23.3. The third-order valence-corrected chi connectivity index (χ3v) is 7.43. The van der Waals surface area contributed by atoms with Crippen molar-refractivity contribution >= 4 is 27.3 Å². The summed E-state index contributed by atoms with van der Waals surface area (Å²) in [5.41, 5.74) is 1.58. The molecule has 1 aliphatic heterocycles. The maximum Gasteiger partial charge on any atom is 0.271 e. The molecule has 2 aromatic rings. The first kappa shape index (κ1) is 23.7. The number of piperidine rings is 1. The highest BCUT2D eigenvalue weighted by atomic mass is 32.2. The highest BCUT2D eigenvalue weighted by Gasteiger charge is 2.26. The summed E-state index contributed by atoms with van der Waals surface area (Å²) in [6.07, 6.45) is 3.04. The van der Waals surface area contributed by atoms with Crippen LogP contribution in [0.2, 0.25) is 0 Å². The fourth-order valence-electron chi connectivity index (χ4n) is 3.68. The van der Waals surface area contributed by atoms with E-state index in [4.69, 9.17) is 4.74 Å². The predicted octanol–water partition coefficient (Wildman–Crippen LogP) is 3.66. The van der Waals surface area contributed by atoms with Gasteiger partial charge in [0.2, 0.25) is 15.9 Å². The molecule has 0 bridgehead atoms. The van der Waals surface area contributed by atoms with Crippen LogP contribution in [0.25, 0.3) is 0 Å². The Labute approximate surface area is 187 Å². The van der Waals surface area contributed by atoms with Crippen LogP contribution in [0.5, 0.6) is 5.75 Å². The number of sulfonamides is 1. The smallest absolute Gasteiger partial charge is 0.271 e. The van der Waals surface area contributed by atoms with Crippen molar-refractivity contribution in [2.24, 2.45) is 0 Å². The standard InChI is InChI=1S/C22H27N3O6S/c1-16-6-8-18(25(27)28)15-20(16)23-22(26)11-7-17-14-19(9-10-21(17)31-2)32(29,30)24-12-4-3-5-13-24/h6,8-10,14-15H,3-5,7,11-13H2,1-2H3,(H,23,26). The van der Waals surface area contributed by atoms with Gasteiger partial charge in [-0.1, -0.05) is 12.5 Å². The monoisotopic (exact) mass is 461 g/mol. The summed E-state index contributed by atoms with van der Waals surface area (Å²) in [7, 11) is -2.11. The SMILES string of the molecule is COc1ccc(S(=O)(=O)N2CCCCC2)cc1CCC(=O)Nc1cc([N+](=O)[O-])ccc1C. The minimum atomic E-state index is -3.60. The van der Waals surface area contributed by atoms with Crippen LogP contribution in [0, 0.1) is 17.0 Å². The predicted molar refractivity (Wildman–Crippen MR) is 120 cm³/mol. The number of amides is 1. The Bertz CT molecular complexity index is 1110. The number of carbonyl (C=O) groups is 1. The molecule has 1 fully saturated rings. The van der Waals surface area contributed by atoms with Crippen molar-refractivity contribution in [3.05, 3.63) is 57.6 Å². The van der Waals surface area contributed by atoms with Gasteiger partial charge in [-0.05, 0) is 55.5 Å². The highest BCUT2D eigenvalue weighted by Crippen LogP contribution is 2.28. The van der Waals surface area contributed by atoms with Crippen molar-refractivity contribution in [1.29, 1.82) is 0 Å². The van der Waals surface area contributed by atoms with E-state index < -0.39 is 14.9 Å². The molecule has 3 rings (SSSR count). The number of non-ortho nitro benzene ring substituents is 1. The Balaban J connectivity index is 1.74. The third-order valence-electron chi connectivity index (χ3n) is 5.53. The van der Waals surface area contributed by atoms with E-state index >= 15 is 0 Å². The molecule has 172 valence electrons. The molecule has 9 nitrogen and oxygen atoms in total. The molecule has 1 N–H and O–H groups in total. The number of hydrogen-bond acceptors (Lipinski definition) is 6. The molecule has 1 aliphatic rings. The van der Waals surface area contributed by atoms with Crippen LogP contribution in [0.4, 0.5) is 11.4 Å². The van der Waals surface area contributed by atoms with Gasteiger partial charge < -0.3 is 10.1 Å². The van der Waals surface area contributed by atoms with E-state index in [1.54, 1.807) is 25.1 Å². The Morgan fingerprint density at radius 3 is 2.53 bits per heavy atom. The second kappa shape index (κ2) is 10.1. The van der Waals surface area contributed by atoms with Crippen LogP contribution in [0.3, 0.4) is 0 Å². The fraction of sp³-hybridized carbons (Fsp3) is 0.409. The molecular weight excluding hydrogens is 434 g/mol. The van der Waals surface area contributed by atoms with Gasteiger partial charge in [0, 0.05) is 31.6 Å². The maximum atomic E-state index is 13.0. The molecule has 10 heteroatoms. The summed E-state index contributed by atoms with van der Waals surface area (Å²) < 4.78 is 32.8. The van der Waals surface area contributed by atoms with Gasteiger partial charge in [0.1, 0.15) is 5.75 Å². The highest BCUT2D eigenvalue weighted by molar-refractivity contribution is 7.89. The van der Waals surface area contributed by atoms with Gasteiger partial charge in [0.25, 0.3) is 5.69 Å². The molecule has 0 spiro atoms. The molecule has 0 atom stereocenters. The van der Waals surface area contributed by atoms with E-state index in [1.165, 1.54) is 29.6 Å². The Kier molecular flexibility index (Phi) is 7.47. The van der Waals surface area contributed by atoms with Gasteiger partial charge in [-0.2, -0.15) is 4.31 Å². The quantitative estimate of drug-likeness (QED) is 0.473. The van der Waals surface area contributed by atoms with Crippen LogP contribution in [0.1, 0.15) is 36.8 Å². The number of ether oxygens (including phenoxy) is 1. The fourth-order valence-corrected chi connectivity index (χ4v) is 5.25. The first-order valence-corrected chi connectivity index (χ1v) is 11.9. The average molecular weight is 462 g/mol. The average Bonchev–Trinajstić information content (AvgIpc) is 2.79. The summed E-state index contributed by atoms with van der Waals surface area (Å²) in [5.74, 6) is 0.168. The molecule has 1 amide bonds. The first-order chi connectivity index (χ1) is 15.2. The molecule has 32 heavy (non-hydrogen) atoms. The number of nitrogens with one attached hydrogen (secondary N) is 1. The van der Waals surface area contributed by atoms with Crippen molar-refractivity contribution in [3.63, 3.8) is 0 Å². The first-order valence-electron chi connectivity index (χ1n) is 10.4. The lowest BCUT2D eigenvalue weighted by atomic mass is 10.1. The lowest BCUT2D eigenvalue weighted by Gasteiger charge is -2.26. The summed E-state index contributed by atoms with van der Waals surface area (Å²) in [6, 6.07) is 8.97. The number of nitro benzene ring substituents is 1. The molecular formula is C22H27N3O6S. The minimum absolute atomic E-state index is 0.0612. The third kappa shape index (κ3) is 5.43. The summed E-state index contributed by atoms with van der Waals surface area (Å²) in [4.78, 5) is 23.2. The zero-order valence-corrected chi connectivity index (χ0v) is 19.0. The largest absolute Gasteiger partial charge is 0.496 e. The Morgan fingerprint density at radius 2 is 1.88 bits per heavy atom. The molecule has 1 saturated heterocycles. The van der Waals surface area contributed by atoms with E-state index in [0.29, 0.717) is 35.7 Å². The molecule has 0 radical (unpaired) electrons. The zero-order valence-electron chi connectivity index (χ0n) is 18.2. The van der Waals surface area contributed by atoms with Crippen molar-refractivity contribution in [2.45, 2.75) is 43.9 Å². The Morgan fingerprint density at radius 1 is 1.16 bits per heavy atom. The van der Waals surface area contributed by atoms with Gasteiger partial charge >= 0.3 is 0 Å². The molecule has 0 unspecified atom stereocenters. The van der Waals surface area contributed by atoms with E-state index in [1.807, 2.05) is 0 Å². The molecule has 2 aromatic carbocycles. The lowest BCUT2D eigenvalue weighted by molar-refractivity contribution is -0.384. The van der Waals surface area contributed by atoms with Crippen molar-refractivity contribution in [1.82, 2.24) is 4.31 Å². The maximum absolute atomic E-state index is 13.0. The molecule has 0 aromatic heterocycles. The van der Waals surface area contributed by atoms with Crippen molar-refractivity contribution in [2.75, 3.05) is 25.5 Å². The summed E-state index contributed by atoms with van der Waals surface area (Å²) >= 11 is 0. The summed E-state index contributed by atoms with van der Waals surface area (Å²) in [6.45, 7) is 2.76. The van der Waals surface area contributed by atoms with Crippen LogP contribution in [-0.2, 0) is 21.2 Å². The number of carbonyl (C=O) groups excluding carboxylic acids is 1. The second-order valence-corrected chi connectivity index (χ2v) is 9.68. The molecule has 1 heterocycles. The van der Waals surface area contributed by atoms with E-state index in [9.17, 15) is 23.3 Å². The number of hydrogen-bond donors (Lipinski definition) is 1. The van der Waals surface area contributed by atoms with Crippen LogP contribution >= 0.6 is 0 Å². The van der Waals surface area contributed by atoms with Gasteiger partial charge in [-0.3, -0.25) is 14.9 Å². The minimum Gasteiger partial charge on any atom is -0.496 e. The normalized spacial score (nSPS) is 14.7. The van der Waals surface area contributed by atoms with Crippen LogP contribution in [0.15, 0.2) is 41.3 Å². The van der Waals surface area contributed by atoms with E-state index in [0.717, 1.165) is 19.3 Å². The van der Waals surface area contributed by atoms with Gasteiger partial charge in [0.15, 0.2) is 0 Å².